The number of aliphatic hydroxyl groups excluding tert-OH is 1. The van der Waals surface area contributed by atoms with Crippen LogP contribution in [0.2, 0.25) is 0 Å². The van der Waals surface area contributed by atoms with Crippen LogP contribution in [0.4, 0.5) is 0 Å². The molecular formula is C21H26O2. The number of hydrogen-bond donors (Lipinski definition) is 1. The zero-order chi connectivity index (χ0) is 16.1. The highest BCUT2D eigenvalue weighted by Gasteiger charge is 2.22. The fourth-order valence-electron chi connectivity index (χ4n) is 3.30. The first-order valence-corrected chi connectivity index (χ1v) is 8.66. The number of aliphatic hydroxyl groups is 1. The molecule has 0 aromatic heterocycles. The molecule has 2 nitrogen and oxygen atoms in total. The van der Waals surface area contributed by atoms with Gasteiger partial charge in [0.15, 0.2) is 0 Å². The van der Waals surface area contributed by atoms with Crippen LogP contribution in [-0.2, 0) is 13.0 Å². The minimum atomic E-state index is -0.124. The predicted octanol–water partition coefficient (Wildman–Crippen LogP) is 4.67. The molecule has 0 radical (unpaired) electrons. The third kappa shape index (κ3) is 4.59. The molecule has 2 aromatic carbocycles. The first-order chi connectivity index (χ1) is 11.2. The Morgan fingerprint density at radius 2 is 1.57 bits per heavy atom. The molecule has 1 fully saturated rings. The molecule has 0 saturated heterocycles. The van der Waals surface area contributed by atoms with Crippen molar-refractivity contribution in [1.82, 2.24) is 0 Å². The molecule has 2 aromatic rings. The minimum Gasteiger partial charge on any atom is -0.489 e. The smallest absolute Gasteiger partial charge is 0.119 e. The Balaban J connectivity index is 1.53. The fourth-order valence-corrected chi connectivity index (χ4v) is 3.30. The average Bonchev–Trinajstić information content (AvgIpc) is 2.58. The molecule has 0 aliphatic heterocycles. The number of benzene rings is 2. The van der Waals surface area contributed by atoms with E-state index in [0.717, 1.165) is 25.0 Å². The van der Waals surface area contributed by atoms with Gasteiger partial charge in [-0.05, 0) is 55.4 Å². The monoisotopic (exact) mass is 310 g/mol. The maximum Gasteiger partial charge on any atom is 0.119 e. The van der Waals surface area contributed by atoms with Crippen LogP contribution in [0.3, 0.4) is 0 Å². The molecule has 0 amide bonds. The second kappa shape index (κ2) is 7.65. The van der Waals surface area contributed by atoms with E-state index in [1.165, 1.54) is 29.5 Å². The molecule has 122 valence electrons. The van der Waals surface area contributed by atoms with Crippen LogP contribution in [0.1, 0.15) is 42.4 Å². The number of aryl methyl sites for hydroxylation is 1. The fraction of sp³-hybridized carbons (Fsp3) is 0.429. The third-order valence-electron chi connectivity index (χ3n) is 4.82. The Morgan fingerprint density at radius 1 is 0.913 bits per heavy atom. The molecule has 0 heterocycles. The van der Waals surface area contributed by atoms with Crippen molar-refractivity contribution in [2.24, 2.45) is 5.92 Å². The van der Waals surface area contributed by atoms with E-state index in [4.69, 9.17) is 4.74 Å². The summed E-state index contributed by atoms with van der Waals surface area (Å²) in [7, 11) is 0. The number of hydrogen-bond acceptors (Lipinski definition) is 2. The molecule has 2 atom stereocenters. The minimum absolute atomic E-state index is 0.124. The van der Waals surface area contributed by atoms with Gasteiger partial charge in [0.2, 0.25) is 0 Å². The van der Waals surface area contributed by atoms with Crippen molar-refractivity contribution in [2.45, 2.75) is 51.7 Å². The third-order valence-corrected chi connectivity index (χ3v) is 4.82. The van der Waals surface area contributed by atoms with Crippen LogP contribution in [-0.4, -0.2) is 11.2 Å². The van der Waals surface area contributed by atoms with E-state index in [0.29, 0.717) is 12.5 Å². The van der Waals surface area contributed by atoms with Crippen LogP contribution >= 0.6 is 0 Å². The SMILES string of the molecule is Cc1ccc(COc2ccc(CC3CCCCC3O)cc2)cc1. The maximum atomic E-state index is 10.1. The van der Waals surface area contributed by atoms with E-state index in [-0.39, 0.29) is 6.10 Å². The van der Waals surface area contributed by atoms with Crippen molar-refractivity contribution < 1.29 is 9.84 Å². The van der Waals surface area contributed by atoms with Gasteiger partial charge >= 0.3 is 0 Å². The molecule has 1 aliphatic carbocycles. The lowest BCUT2D eigenvalue weighted by atomic mass is 9.82. The number of ether oxygens (including phenoxy) is 1. The molecule has 1 saturated carbocycles. The van der Waals surface area contributed by atoms with Crippen molar-refractivity contribution in [3.8, 4) is 5.75 Å². The summed E-state index contributed by atoms with van der Waals surface area (Å²) >= 11 is 0. The van der Waals surface area contributed by atoms with Gasteiger partial charge in [-0.3, -0.25) is 0 Å². The van der Waals surface area contributed by atoms with Gasteiger partial charge in [0.25, 0.3) is 0 Å². The summed E-state index contributed by atoms with van der Waals surface area (Å²) < 4.78 is 5.85. The molecule has 0 spiro atoms. The van der Waals surface area contributed by atoms with E-state index < -0.39 is 0 Å². The van der Waals surface area contributed by atoms with E-state index in [1.807, 2.05) is 12.1 Å². The first-order valence-electron chi connectivity index (χ1n) is 8.66. The van der Waals surface area contributed by atoms with Gasteiger partial charge in [0, 0.05) is 0 Å². The molecule has 1 aliphatic rings. The van der Waals surface area contributed by atoms with Crippen LogP contribution < -0.4 is 4.74 Å². The summed E-state index contributed by atoms with van der Waals surface area (Å²) in [5, 5.41) is 10.1. The van der Waals surface area contributed by atoms with Gasteiger partial charge in [-0.2, -0.15) is 0 Å². The quantitative estimate of drug-likeness (QED) is 0.869. The molecule has 2 unspecified atom stereocenters. The first kappa shape index (κ1) is 16.1. The summed E-state index contributed by atoms with van der Waals surface area (Å²) in [6.07, 6.45) is 5.37. The highest BCUT2D eigenvalue weighted by molar-refractivity contribution is 5.28. The second-order valence-electron chi connectivity index (χ2n) is 6.73. The van der Waals surface area contributed by atoms with Crippen LogP contribution in [0.15, 0.2) is 48.5 Å². The molecular weight excluding hydrogens is 284 g/mol. The number of rotatable bonds is 5. The molecule has 3 rings (SSSR count). The van der Waals surface area contributed by atoms with Gasteiger partial charge in [0.05, 0.1) is 6.10 Å². The Bertz CT molecular complexity index is 601. The van der Waals surface area contributed by atoms with Gasteiger partial charge in [-0.15, -0.1) is 0 Å². The van der Waals surface area contributed by atoms with E-state index in [2.05, 4.69) is 43.3 Å². The Labute approximate surface area is 139 Å². The zero-order valence-corrected chi connectivity index (χ0v) is 13.9. The van der Waals surface area contributed by atoms with Crippen molar-refractivity contribution >= 4 is 0 Å². The van der Waals surface area contributed by atoms with Crippen molar-refractivity contribution in [3.63, 3.8) is 0 Å². The Kier molecular flexibility index (Phi) is 5.35. The highest BCUT2D eigenvalue weighted by atomic mass is 16.5. The topological polar surface area (TPSA) is 29.5 Å². The Morgan fingerprint density at radius 3 is 2.26 bits per heavy atom. The van der Waals surface area contributed by atoms with Crippen LogP contribution in [0.25, 0.3) is 0 Å². The summed E-state index contributed by atoms with van der Waals surface area (Å²) in [4.78, 5) is 0. The average molecular weight is 310 g/mol. The zero-order valence-electron chi connectivity index (χ0n) is 13.9. The van der Waals surface area contributed by atoms with Crippen molar-refractivity contribution in [2.75, 3.05) is 0 Å². The predicted molar refractivity (Wildman–Crippen MR) is 93.6 cm³/mol. The lowest BCUT2D eigenvalue weighted by Gasteiger charge is -2.27. The molecule has 2 heteroatoms. The van der Waals surface area contributed by atoms with Gasteiger partial charge in [-0.25, -0.2) is 0 Å². The van der Waals surface area contributed by atoms with Crippen LogP contribution in [0.5, 0.6) is 5.75 Å². The highest BCUT2D eigenvalue weighted by Crippen LogP contribution is 2.28. The van der Waals surface area contributed by atoms with Crippen molar-refractivity contribution in [3.05, 3.63) is 65.2 Å². The van der Waals surface area contributed by atoms with E-state index >= 15 is 0 Å². The van der Waals surface area contributed by atoms with Gasteiger partial charge < -0.3 is 9.84 Å². The van der Waals surface area contributed by atoms with E-state index in [1.54, 1.807) is 0 Å². The van der Waals surface area contributed by atoms with Crippen LogP contribution in [0, 0.1) is 12.8 Å². The summed E-state index contributed by atoms with van der Waals surface area (Å²) in [6.45, 7) is 2.69. The second-order valence-corrected chi connectivity index (χ2v) is 6.73. The lowest BCUT2D eigenvalue weighted by Crippen LogP contribution is -2.26. The van der Waals surface area contributed by atoms with Gasteiger partial charge in [-0.1, -0.05) is 54.8 Å². The van der Waals surface area contributed by atoms with Gasteiger partial charge in [0.1, 0.15) is 12.4 Å². The standard InChI is InChI=1S/C21H26O2/c1-16-6-8-18(9-7-16)15-23-20-12-10-17(11-13-20)14-19-4-2-3-5-21(19)22/h6-13,19,21-22H,2-5,14-15H2,1H3. The maximum absolute atomic E-state index is 10.1. The molecule has 23 heavy (non-hydrogen) atoms. The Hall–Kier alpha value is -1.80. The summed E-state index contributed by atoms with van der Waals surface area (Å²) in [5.74, 6) is 1.32. The molecule has 1 N–H and O–H groups in total. The molecule has 0 bridgehead atoms. The van der Waals surface area contributed by atoms with E-state index in [9.17, 15) is 5.11 Å². The normalized spacial score (nSPS) is 21.1. The lowest BCUT2D eigenvalue weighted by molar-refractivity contribution is 0.0700. The summed E-state index contributed by atoms with van der Waals surface area (Å²) in [5.41, 5.74) is 3.74. The summed E-state index contributed by atoms with van der Waals surface area (Å²) in [6, 6.07) is 16.8. The van der Waals surface area contributed by atoms with Crippen molar-refractivity contribution in [1.29, 1.82) is 0 Å². The largest absolute Gasteiger partial charge is 0.489 e.